The lowest BCUT2D eigenvalue weighted by molar-refractivity contribution is 0.00449. The Morgan fingerprint density at radius 1 is 1.50 bits per heavy atom. The molecule has 1 N–H and O–H groups in total. The highest BCUT2D eigenvalue weighted by molar-refractivity contribution is 9.10. The molecule has 2 unspecified atom stereocenters. The standard InChI is InChI=1S/C15H26BrN3O/c1-3-8-17-14(10-12-7-5-6-9-20-12)15-13(16)11-18-19(15)4-2/h11-12,14,17H,3-10H2,1-2H3. The molecule has 20 heavy (non-hydrogen) atoms. The van der Waals surface area contributed by atoms with Gasteiger partial charge in [-0.05, 0) is 61.5 Å². The van der Waals surface area contributed by atoms with E-state index in [4.69, 9.17) is 4.74 Å². The average molecular weight is 344 g/mol. The smallest absolute Gasteiger partial charge is 0.0696 e. The molecule has 2 heterocycles. The molecule has 0 aliphatic carbocycles. The van der Waals surface area contributed by atoms with Crippen LogP contribution in [0.1, 0.15) is 57.7 Å². The molecule has 0 spiro atoms. The molecule has 2 atom stereocenters. The van der Waals surface area contributed by atoms with E-state index in [0.29, 0.717) is 12.1 Å². The van der Waals surface area contributed by atoms with Crippen LogP contribution in [0.25, 0.3) is 0 Å². The molecular weight excluding hydrogens is 318 g/mol. The second kappa shape index (κ2) is 8.15. The molecule has 2 rings (SSSR count). The number of nitrogens with zero attached hydrogens (tertiary/aromatic N) is 2. The second-order valence-corrected chi connectivity index (χ2v) is 6.28. The molecule has 1 saturated heterocycles. The fourth-order valence-corrected chi connectivity index (χ4v) is 3.41. The normalized spacial score (nSPS) is 21.1. The van der Waals surface area contributed by atoms with E-state index in [1.54, 1.807) is 0 Å². The summed E-state index contributed by atoms with van der Waals surface area (Å²) in [5.41, 5.74) is 1.26. The van der Waals surface area contributed by atoms with Gasteiger partial charge in [-0.3, -0.25) is 4.68 Å². The number of halogens is 1. The van der Waals surface area contributed by atoms with Crippen LogP contribution >= 0.6 is 15.9 Å². The summed E-state index contributed by atoms with van der Waals surface area (Å²) in [4.78, 5) is 0. The summed E-state index contributed by atoms with van der Waals surface area (Å²) in [7, 11) is 0. The van der Waals surface area contributed by atoms with E-state index in [0.717, 1.165) is 37.0 Å². The van der Waals surface area contributed by atoms with Crippen LogP contribution in [0.3, 0.4) is 0 Å². The minimum Gasteiger partial charge on any atom is -0.378 e. The Kier molecular flexibility index (Phi) is 6.52. The van der Waals surface area contributed by atoms with Crippen molar-refractivity contribution in [2.75, 3.05) is 13.2 Å². The molecule has 1 fully saturated rings. The second-order valence-electron chi connectivity index (χ2n) is 5.42. The lowest BCUT2D eigenvalue weighted by Crippen LogP contribution is -2.31. The maximum absolute atomic E-state index is 5.91. The van der Waals surface area contributed by atoms with Crippen LogP contribution < -0.4 is 5.32 Å². The Labute approximate surface area is 130 Å². The van der Waals surface area contributed by atoms with Crippen LogP contribution in [0, 0.1) is 0 Å². The first kappa shape index (κ1) is 16.0. The predicted octanol–water partition coefficient (Wildman–Crippen LogP) is 3.67. The monoisotopic (exact) mass is 343 g/mol. The predicted molar refractivity (Wildman–Crippen MR) is 84.8 cm³/mol. The quantitative estimate of drug-likeness (QED) is 0.820. The third-order valence-electron chi connectivity index (χ3n) is 3.88. The zero-order valence-electron chi connectivity index (χ0n) is 12.6. The van der Waals surface area contributed by atoms with E-state index in [9.17, 15) is 0 Å². The summed E-state index contributed by atoms with van der Waals surface area (Å²) in [6.45, 7) is 7.18. The zero-order valence-corrected chi connectivity index (χ0v) is 14.2. The van der Waals surface area contributed by atoms with Gasteiger partial charge in [-0.2, -0.15) is 5.10 Å². The first-order valence-corrected chi connectivity index (χ1v) is 8.61. The highest BCUT2D eigenvalue weighted by Crippen LogP contribution is 2.29. The molecule has 114 valence electrons. The van der Waals surface area contributed by atoms with E-state index in [2.05, 4.69) is 44.9 Å². The van der Waals surface area contributed by atoms with Crippen LogP contribution in [0.5, 0.6) is 0 Å². The first-order valence-electron chi connectivity index (χ1n) is 7.82. The van der Waals surface area contributed by atoms with Gasteiger partial charge in [0.15, 0.2) is 0 Å². The van der Waals surface area contributed by atoms with Crippen LogP contribution in [0.2, 0.25) is 0 Å². The molecule has 1 aromatic heterocycles. The Bertz CT molecular complexity index is 402. The highest BCUT2D eigenvalue weighted by atomic mass is 79.9. The fourth-order valence-electron chi connectivity index (χ4n) is 2.84. The van der Waals surface area contributed by atoms with Crippen molar-refractivity contribution in [3.05, 3.63) is 16.4 Å². The van der Waals surface area contributed by atoms with Gasteiger partial charge in [0, 0.05) is 13.2 Å². The molecule has 1 aliphatic heterocycles. The number of aromatic nitrogens is 2. The topological polar surface area (TPSA) is 39.1 Å². The number of rotatable bonds is 7. The SMILES string of the molecule is CCCNC(CC1CCCCO1)c1c(Br)cnn1CC. The van der Waals surface area contributed by atoms with Crippen molar-refractivity contribution in [2.24, 2.45) is 0 Å². The Morgan fingerprint density at radius 3 is 3.00 bits per heavy atom. The minimum atomic E-state index is 0.315. The summed E-state index contributed by atoms with van der Waals surface area (Å²) in [6.07, 6.45) is 8.14. The molecule has 1 aromatic rings. The molecule has 0 amide bonds. The molecule has 5 heteroatoms. The molecular formula is C15H26BrN3O. The Morgan fingerprint density at radius 2 is 2.35 bits per heavy atom. The van der Waals surface area contributed by atoms with Crippen molar-refractivity contribution < 1.29 is 4.74 Å². The zero-order chi connectivity index (χ0) is 14.4. The molecule has 0 bridgehead atoms. The van der Waals surface area contributed by atoms with E-state index < -0.39 is 0 Å². The van der Waals surface area contributed by atoms with Gasteiger partial charge in [0.2, 0.25) is 0 Å². The van der Waals surface area contributed by atoms with Crippen molar-refractivity contribution in [1.82, 2.24) is 15.1 Å². The van der Waals surface area contributed by atoms with Crippen molar-refractivity contribution in [3.63, 3.8) is 0 Å². The summed E-state index contributed by atoms with van der Waals surface area (Å²) < 4.78 is 9.10. The van der Waals surface area contributed by atoms with Crippen LogP contribution in [-0.4, -0.2) is 29.0 Å². The molecule has 0 aromatic carbocycles. The maximum atomic E-state index is 5.91. The third-order valence-corrected chi connectivity index (χ3v) is 4.49. The lowest BCUT2D eigenvalue weighted by Gasteiger charge is -2.28. The van der Waals surface area contributed by atoms with E-state index in [-0.39, 0.29) is 0 Å². The van der Waals surface area contributed by atoms with Gasteiger partial charge >= 0.3 is 0 Å². The molecule has 0 saturated carbocycles. The van der Waals surface area contributed by atoms with Gasteiger partial charge in [-0.25, -0.2) is 0 Å². The summed E-state index contributed by atoms with van der Waals surface area (Å²) in [6, 6.07) is 0.315. The number of nitrogens with one attached hydrogen (secondary N) is 1. The van der Waals surface area contributed by atoms with Gasteiger partial charge < -0.3 is 10.1 Å². The van der Waals surface area contributed by atoms with Gasteiger partial charge in [-0.15, -0.1) is 0 Å². The van der Waals surface area contributed by atoms with Crippen LogP contribution in [-0.2, 0) is 11.3 Å². The van der Waals surface area contributed by atoms with E-state index >= 15 is 0 Å². The number of hydrogen-bond donors (Lipinski definition) is 1. The summed E-state index contributed by atoms with van der Waals surface area (Å²) in [5.74, 6) is 0. The van der Waals surface area contributed by atoms with Crippen molar-refractivity contribution in [3.8, 4) is 0 Å². The van der Waals surface area contributed by atoms with Gasteiger partial charge in [0.05, 0.1) is 28.5 Å². The van der Waals surface area contributed by atoms with Crippen molar-refractivity contribution in [2.45, 2.75) is 64.6 Å². The maximum Gasteiger partial charge on any atom is 0.0696 e. The van der Waals surface area contributed by atoms with Gasteiger partial charge in [0.25, 0.3) is 0 Å². The van der Waals surface area contributed by atoms with E-state index in [1.807, 2.05) is 6.20 Å². The van der Waals surface area contributed by atoms with Gasteiger partial charge in [0.1, 0.15) is 0 Å². The number of ether oxygens (including phenoxy) is 1. The number of hydrogen-bond acceptors (Lipinski definition) is 3. The Balaban J connectivity index is 2.10. The van der Waals surface area contributed by atoms with Gasteiger partial charge in [-0.1, -0.05) is 6.92 Å². The van der Waals surface area contributed by atoms with Crippen molar-refractivity contribution in [1.29, 1.82) is 0 Å². The summed E-state index contributed by atoms with van der Waals surface area (Å²) in [5, 5.41) is 8.11. The average Bonchev–Trinajstić information content (AvgIpc) is 2.85. The van der Waals surface area contributed by atoms with E-state index in [1.165, 1.54) is 25.0 Å². The molecule has 4 nitrogen and oxygen atoms in total. The number of aryl methyl sites for hydroxylation is 1. The largest absolute Gasteiger partial charge is 0.378 e. The minimum absolute atomic E-state index is 0.315. The van der Waals surface area contributed by atoms with Crippen LogP contribution in [0.4, 0.5) is 0 Å². The fraction of sp³-hybridized carbons (Fsp3) is 0.800. The Hall–Kier alpha value is -0.390. The molecule has 1 aliphatic rings. The summed E-state index contributed by atoms with van der Waals surface area (Å²) >= 11 is 3.65. The third kappa shape index (κ3) is 4.06. The lowest BCUT2D eigenvalue weighted by atomic mass is 9.99. The first-order chi connectivity index (χ1) is 9.76. The molecule has 0 radical (unpaired) electrons. The highest BCUT2D eigenvalue weighted by Gasteiger charge is 2.24. The van der Waals surface area contributed by atoms with Crippen molar-refractivity contribution >= 4 is 15.9 Å². The van der Waals surface area contributed by atoms with Crippen LogP contribution in [0.15, 0.2) is 10.7 Å².